The van der Waals surface area contributed by atoms with Crippen LogP contribution in [0, 0.1) is 0 Å². The first-order chi connectivity index (χ1) is 7.60. The van der Waals surface area contributed by atoms with E-state index in [2.05, 4.69) is 0 Å². The number of nitrogens with one attached hydrogen (secondary N) is 1. The highest BCUT2D eigenvalue weighted by atomic mass is 35.7. The number of hydrogen-bond acceptors (Lipinski definition) is 2. The number of rotatable bonds is 2. The van der Waals surface area contributed by atoms with Crippen molar-refractivity contribution in [3.05, 3.63) is 0 Å². The molecule has 1 fully saturated rings. The zero-order valence-electron chi connectivity index (χ0n) is 8.58. The topological polar surface area (TPSA) is 69.6 Å². The molecule has 1 saturated heterocycles. The van der Waals surface area contributed by atoms with E-state index >= 15 is 0 Å². The molecule has 100 valence electrons. The standard InChI is InChI=1S/C7H11ClF3N2O3P/c8-17(15,16)13-3-1-5(2-4-13)12-6(14)7(9,10)11/h5H,1-4H2,(H,12,14)(H,15,16). The van der Waals surface area contributed by atoms with Crippen LogP contribution in [0.4, 0.5) is 13.2 Å². The van der Waals surface area contributed by atoms with Crippen molar-refractivity contribution in [2.75, 3.05) is 13.1 Å². The van der Waals surface area contributed by atoms with Crippen LogP contribution in [0.1, 0.15) is 12.8 Å². The fourth-order valence-corrected chi connectivity index (χ4v) is 2.70. The van der Waals surface area contributed by atoms with Gasteiger partial charge in [-0.3, -0.25) is 9.36 Å². The molecule has 10 heteroatoms. The maximum atomic E-state index is 11.9. The average Bonchev–Trinajstić information content (AvgIpc) is 2.15. The monoisotopic (exact) mass is 294 g/mol. The lowest BCUT2D eigenvalue weighted by Gasteiger charge is -2.32. The lowest BCUT2D eigenvalue weighted by atomic mass is 10.1. The van der Waals surface area contributed by atoms with E-state index < -0.39 is 25.0 Å². The minimum absolute atomic E-state index is 0.0695. The summed E-state index contributed by atoms with van der Waals surface area (Å²) in [6.07, 6.45) is -4.60. The second-order valence-electron chi connectivity index (χ2n) is 3.67. The number of carbonyl (C=O) groups excluding carboxylic acids is 1. The van der Waals surface area contributed by atoms with E-state index in [4.69, 9.17) is 16.1 Å². The molecular formula is C7H11ClF3N2O3P. The van der Waals surface area contributed by atoms with Gasteiger partial charge in [0.2, 0.25) is 0 Å². The summed E-state index contributed by atoms with van der Waals surface area (Å²) in [7, 11) is 0. The molecule has 1 amide bonds. The number of halogens is 4. The Labute approximate surface area is 100 Å². The third-order valence-electron chi connectivity index (χ3n) is 2.41. The molecule has 1 atom stereocenters. The molecule has 0 radical (unpaired) electrons. The molecule has 0 aromatic rings. The van der Waals surface area contributed by atoms with Crippen molar-refractivity contribution in [3.8, 4) is 0 Å². The van der Waals surface area contributed by atoms with Gasteiger partial charge < -0.3 is 10.2 Å². The van der Waals surface area contributed by atoms with Crippen molar-refractivity contribution in [1.82, 2.24) is 9.99 Å². The van der Waals surface area contributed by atoms with Gasteiger partial charge in [-0.25, -0.2) is 4.67 Å². The van der Waals surface area contributed by atoms with Gasteiger partial charge in [0.25, 0.3) is 0 Å². The lowest BCUT2D eigenvalue weighted by Crippen LogP contribution is -2.47. The number of piperidine rings is 1. The van der Waals surface area contributed by atoms with Crippen LogP contribution < -0.4 is 5.32 Å². The Kier molecular flexibility index (Phi) is 4.46. The Morgan fingerprint density at radius 2 is 1.88 bits per heavy atom. The highest BCUT2D eigenvalue weighted by Crippen LogP contribution is 2.51. The van der Waals surface area contributed by atoms with Crippen molar-refractivity contribution < 1.29 is 27.4 Å². The third kappa shape index (κ3) is 4.46. The van der Waals surface area contributed by atoms with Gasteiger partial charge in [-0.05, 0) is 24.1 Å². The van der Waals surface area contributed by atoms with Crippen LogP contribution in [0.2, 0.25) is 0 Å². The Hall–Kier alpha value is -0.300. The predicted octanol–water partition coefficient (Wildman–Crippen LogP) is 1.47. The van der Waals surface area contributed by atoms with Crippen LogP contribution in [-0.2, 0) is 9.36 Å². The second kappa shape index (κ2) is 5.14. The van der Waals surface area contributed by atoms with E-state index in [1.165, 1.54) is 0 Å². The van der Waals surface area contributed by atoms with Gasteiger partial charge in [0.15, 0.2) is 0 Å². The molecule has 1 heterocycles. The average molecular weight is 295 g/mol. The summed E-state index contributed by atoms with van der Waals surface area (Å²) in [5.41, 5.74) is 0. The maximum absolute atomic E-state index is 11.9. The molecule has 0 aliphatic carbocycles. The number of alkyl halides is 3. The Morgan fingerprint density at radius 1 is 1.41 bits per heavy atom. The summed E-state index contributed by atoms with van der Waals surface area (Å²) in [5, 5.41) is 1.83. The molecule has 0 aromatic carbocycles. The van der Waals surface area contributed by atoms with Crippen LogP contribution in [0.5, 0.6) is 0 Å². The molecule has 0 spiro atoms. The minimum Gasteiger partial charge on any atom is -0.345 e. The van der Waals surface area contributed by atoms with Crippen LogP contribution >= 0.6 is 18.1 Å². The van der Waals surface area contributed by atoms with Gasteiger partial charge in [-0.15, -0.1) is 0 Å². The molecule has 17 heavy (non-hydrogen) atoms. The van der Waals surface area contributed by atoms with Crippen molar-refractivity contribution >= 4 is 24.0 Å². The van der Waals surface area contributed by atoms with E-state index in [1.54, 1.807) is 0 Å². The summed E-state index contributed by atoms with van der Waals surface area (Å²) in [6.45, 7) is -3.72. The zero-order chi connectivity index (χ0) is 13.3. The lowest BCUT2D eigenvalue weighted by molar-refractivity contribution is -0.174. The first-order valence-corrected chi connectivity index (χ1v) is 7.28. The van der Waals surface area contributed by atoms with Crippen molar-refractivity contribution in [2.24, 2.45) is 0 Å². The van der Waals surface area contributed by atoms with Gasteiger partial charge >= 0.3 is 19.0 Å². The summed E-state index contributed by atoms with van der Waals surface area (Å²) >= 11 is 5.21. The van der Waals surface area contributed by atoms with Crippen LogP contribution in [0.3, 0.4) is 0 Å². The zero-order valence-corrected chi connectivity index (χ0v) is 10.2. The number of hydrogen-bond donors (Lipinski definition) is 2. The first kappa shape index (κ1) is 14.8. The van der Waals surface area contributed by atoms with Gasteiger partial charge in [0, 0.05) is 19.1 Å². The van der Waals surface area contributed by atoms with Crippen LogP contribution in [-0.4, -0.2) is 40.8 Å². The van der Waals surface area contributed by atoms with Gasteiger partial charge in [0.05, 0.1) is 0 Å². The Bertz CT molecular complexity index is 338. The minimum atomic E-state index is -4.91. The maximum Gasteiger partial charge on any atom is 0.471 e. The summed E-state index contributed by atoms with van der Waals surface area (Å²) in [5.74, 6) is -1.99. The predicted molar refractivity (Wildman–Crippen MR) is 54.5 cm³/mol. The van der Waals surface area contributed by atoms with Gasteiger partial charge in [-0.2, -0.15) is 13.2 Å². The smallest absolute Gasteiger partial charge is 0.345 e. The van der Waals surface area contributed by atoms with Gasteiger partial charge in [-0.1, -0.05) is 0 Å². The highest BCUT2D eigenvalue weighted by Gasteiger charge is 2.40. The van der Waals surface area contributed by atoms with Crippen LogP contribution in [0.15, 0.2) is 0 Å². The fraction of sp³-hybridized carbons (Fsp3) is 0.857. The van der Waals surface area contributed by atoms with Gasteiger partial charge in [0.1, 0.15) is 0 Å². The van der Waals surface area contributed by atoms with E-state index in [0.717, 1.165) is 4.67 Å². The van der Waals surface area contributed by atoms with E-state index in [9.17, 15) is 22.5 Å². The third-order valence-corrected chi connectivity index (χ3v) is 4.15. The van der Waals surface area contributed by atoms with E-state index in [0.29, 0.717) is 0 Å². The fourth-order valence-electron chi connectivity index (χ4n) is 1.52. The number of amides is 1. The molecular weight excluding hydrogens is 284 g/mol. The molecule has 1 aliphatic rings. The van der Waals surface area contributed by atoms with E-state index in [1.807, 2.05) is 5.32 Å². The highest BCUT2D eigenvalue weighted by molar-refractivity contribution is 7.82. The first-order valence-electron chi connectivity index (χ1n) is 4.76. The van der Waals surface area contributed by atoms with Crippen molar-refractivity contribution in [1.29, 1.82) is 0 Å². The van der Waals surface area contributed by atoms with Crippen molar-refractivity contribution in [3.63, 3.8) is 0 Å². The normalized spacial score (nSPS) is 23.1. The molecule has 5 nitrogen and oxygen atoms in total. The SMILES string of the molecule is O=C(NC1CCN(P(=O)(O)Cl)CC1)C(F)(F)F. The molecule has 2 N–H and O–H groups in total. The number of nitrogens with zero attached hydrogens (tertiary/aromatic N) is 1. The summed E-state index contributed by atoms with van der Waals surface area (Å²) in [6, 6.07) is -0.649. The molecule has 1 rings (SSSR count). The van der Waals surface area contributed by atoms with Crippen LogP contribution in [0.25, 0.3) is 0 Å². The quantitative estimate of drug-likeness (QED) is 0.757. The summed E-state index contributed by atoms with van der Waals surface area (Å²) < 4.78 is 48.0. The summed E-state index contributed by atoms with van der Waals surface area (Å²) in [4.78, 5) is 19.7. The molecule has 0 aromatic heterocycles. The largest absolute Gasteiger partial charge is 0.471 e. The Morgan fingerprint density at radius 3 is 2.24 bits per heavy atom. The molecule has 1 aliphatic heterocycles. The Balaban J connectivity index is 2.43. The molecule has 1 unspecified atom stereocenters. The number of carbonyl (C=O) groups is 1. The second-order valence-corrected chi connectivity index (χ2v) is 6.50. The molecule has 0 bridgehead atoms. The van der Waals surface area contributed by atoms with E-state index in [-0.39, 0.29) is 25.9 Å². The van der Waals surface area contributed by atoms with Crippen molar-refractivity contribution in [2.45, 2.75) is 25.1 Å². The molecule has 0 saturated carbocycles.